The van der Waals surface area contributed by atoms with E-state index in [9.17, 15) is 0 Å². The zero-order valence-corrected chi connectivity index (χ0v) is 11.9. The van der Waals surface area contributed by atoms with Crippen LogP contribution in [0.15, 0.2) is 17.2 Å². The number of hydrogen-bond donors (Lipinski definition) is 3. The van der Waals surface area contributed by atoms with Gasteiger partial charge in [-0.15, -0.1) is 5.10 Å². The Balaban J connectivity index is 3.08. The summed E-state index contributed by atoms with van der Waals surface area (Å²) in [6.45, 7) is 3.83. The SMILES string of the molecule is COc1cc(/C=[NH+]/N=C(N)N)cc(Cl)c1OC(C)C. The third kappa shape index (κ3) is 4.67. The van der Waals surface area contributed by atoms with Crippen LogP contribution in [-0.4, -0.2) is 25.4 Å². The Morgan fingerprint density at radius 1 is 1.42 bits per heavy atom. The van der Waals surface area contributed by atoms with Crippen molar-refractivity contribution in [3.8, 4) is 11.5 Å². The van der Waals surface area contributed by atoms with Crippen molar-refractivity contribution in [3.05, 3.63) is 22.7 Å². The summed E-state index contributed by atoms with van der Waals surface area (Å²) in [7, 11) is 1.55. The van der Waals surface area contributed by atoms with E-state index in [1.165, 1.54) is 0 Å². The van der Waals surface area contributed by atoms with E-state index in [2.05, 4.69) is 10.2 Å². The molecule has 0 unspecified atom stereocenters. The summed E-state index contributed by atoms with van der Waals surface area (Å²) < 4.78 is 10.9. The second kappa shape index (κ2) is 6.84. The zero-order valence-electron chi connectivity index (χ0n) is 11.1. The second-order valence-corrected chi connectivity index (χ2v) is 4.42. The Labute approximate surface area is 117 Å². The number of nitrogens with two attached hydrogens (primary N) is 2. The predicted molar refractivity (Wildman–Crippen MR) is 75.7 cm³/mol. The molecular formula is C12H18ClN4O2+. The van der Waals surface area contributed by atoms with Crippen molar-refractivity contribution in [1.29, 1.82) is 0 Å². The molecule has 0 amide bonds. The maximum absolute atomic E-state index is 6.16. The van der Waals surface area contributed by atoms with Crippen LogP contribution in [0.2, 0.25) is 5.02 Å². The third-order valence-corrected chi connectivity index (χ3v) is 2.31. The molecule has 0 atom stereocenters. The molecule has 0 heterocycles. The van der Waals surface area contributed by atoms with Crippen LogP contribution in [0.25, 0.3) is 0 Å². The van der Waals surface area contributed by atoms with Crippen LogP contribution in [0.3, 0.4) is 0 Å². The van der Waals surface area contributed by atoms with E-state index in [1.54, 1.807) is 25.5 Å². The quantitative estimate of drug-likeness (QED) is 0.397. The van der Waals surface area contributed by atoms with Crippen LogP contribution in [0, 0.1) is 0 Å². The van der Waals surface area contributed by atoms with Crippen molar-refractivity contribution in [1.82, 2.24) is 0 Å². The number of halogens is 1. The molecule has 1 aromatic rings. The van der Waals surface area contributed by atoms with Gasteiger partial charge in [-0.25, -0.2) is 0 Å². The molecule has 0 aliphatic heterocycles. The topological polar surface area (TPSA) is 96.8 Å². The Morgan fingerprint density at radius 3 is 2.63 bits per heavy atom. The van der Waals surface area contributed by atoms with E-state index < -0.39 is 0 Å². The monoisotopic (exact) mass is 285 g/mol. The summed E-state index contributed by atoms with van der Waals surface area (Å²) >= 11 is 6.16. The summed E-state index contributed by atoms with van der Waals surface area (Å²) in [5.41, 5.74) is 11.1. The highest BCUT2D eigenvalue weighted by atomic mass is 35.5. The number of hydrogen-bond acceptors (Lipinski definition) is 3. The molecule has 5 N–H and O–H groups in total. The van der Waals surface area contributed by atoms with Gasteiger partial charge in [0, 0.05) is 10.7 Å². The van der Waals surface area contributed by atoms with Crippen molar-refractivity contribution in [2.24, 2.45) is 16.6 Å². The van der Waals surface area contributed by atoms with Crippen molar-refractivity contribution < 1.29 is 14.6 Å². The number of nitrogens with one attached hydrogen (secondary N) is 1. The van der Waals surface area contributed by atoms with E-state index in [0.29, 0.717) is 16.5 Å². The predicted octanol–water partition coefficient (Wildman–Crippen LogP) is -0.176. The molecule has 0 radical (unpaired) electrons. The lowest BCUT2D eigenvalue weighted by Crippen LogP contribution is -2.63. The molecule has 104 valence electrons. The highest BCUT2D eigenvalue weighted by Crippen LogP contribution is 2.36. The smallest absolute Gasteiger partial charge is 0.256 e. The molecule has 0 aliphatic rings. The van der Waals surface area contributed by atoms with Crippen molar-refractivity contribution >= 4 is 23.8 Å². The van der Waals surface area contributed by atoms with Gasteiger partial charge in [0.05, 0.1) is 18.2 Å². The first kappa shape index (κ1) is 15.1. The fourth-order valence-corrected chi connectivity index (χ4v) is 1.62. The second-order valence-electron chi connectivity index (χ2n) is 4.01. The fourth-order valence-electron chi connectivity index (χ4n) is 1.35. The van der Waals surface area contributed by atoms with Gasteiger partial charge in [0.15, 0.2) is 11.5 Å². The molecule has 0 saturated heterocycles. The van der Waals surface area contributed by atoms with Crippen molar-refractivity contribution in [2.75, 3.05) is 7.11 Å². The minimum atomic E-state index is -0.0610. The summed E-state index contributed by atoms with van der Waals surface area (Å²) in [5.74, 6) is 0.992. The Bertz CT molecular complexity index is 497. The molecule has 0 saturated carbocycles. The average molecular weight is 286 g/mol. The first-order chi connectivity index (χ1) is 8.93. The number of ether oxygens (including phenoxy) is 2. The molecule has 7 heteroatoms. The minimum Gasteiger partial charge on any atom is -0.493 e. The normalized spacial score (nSPS) is 10.8. The lowest BCUT2D eigenvalue weighted by molar-refractivity contribution is -0.456. The molecule has 0 aliphatic carbocycles. The lowest BCUT2D eigenvalue weighted by Gasteiger charge is -2.15. The number of rotatable bonds is 5. The summed E-state index contributed by atoms with van der Waals surface area (Å²) in [4.78, 5) is 0. The van der Waals surface area contributed by atoms with Crippen LogP contribution in [0.1, 0.15) is 19.4 Å². The standard InChI is InChI=1S/C12H17ClN4O2/c1-7(2)19-11-9(13)4-8(5-10(11)18-3)6-16-17-12(14)15/h4-7H,1-3H3,(H4,14,15,17)/p+1/b16-6+. The van der Waals surface area contributed by atoms with Gasteiger partial charge in [-0.3, -0.25) is 0 Å². The van der Waals surface area contributed by atoms with E-state index in [0.717, 1.165) is 5.56 Å². The number of methoxy groups -OCH3 is 1. The van der Waals surface area contributed by atoms with E-state index >= 15 is 0 Å². The highest BCUT2D eigenvalue weighted by molar-refractivity contribution is 6.32. The molecule has 0 aromatic heterocycles. The van der Waals surface area contributed by atoms with Crippen LogP contribution < -0.4 is 26.0 Å². The third-order valence-electron chi connectivity index (χ3n) is 2.03. The Morgan fingerprint density at radius 2 is 2.11 bits per heavy atom. The first-order valence-electron chi connectivity index (χ1n) is 5.65. The van der Waals surface area contributed by atoms with E-state index in [1.807, 2.05) is 13.8 Å². The number of nitrogens with zero attached hydrogens (tertiary/aromatic N) is 1. The van der Waals surface area contributed by atoms with Crippen molar-refractivity contribution in [2.45, 2.75) is 20.0 Å². The minimum absolute atomic E-state index is 0.000920. The average Bonchev–Trinajstić information content (AvgIpc) is 2.31. The van der Waals surface area contributed by atoms with Gasteiger partial charge >= 0.3 is 0 Å². The summed E-state index contributed by atoms with van der Waals surface area (Å²) in [6.07, 6.45) is 1.59. The largest absolute Gasteiger partial charge is 0.493 e. The maximum Gasteiger partial charge on any atom is 0.256 e. The van der Waals surface area contributed by atoms with Crippen LogP contribution >= 0.6 is 11.6 Å². The van der Waals surface area contributed by atoms with E-state index in [4.69, 9.17) is 32.5 Å². The number of benzene rings is 1. The Kier molecular flexibility index (Phi) is 5.44. The summed E-state index contributed by atoms with van der Waals surface area (Å²) in [5, 5.41) is 6.68. The van der Waals surface area contributed by atoms with Gasteiger partial charge in [-0.05, 0) is 26.0 Å². The van der Waals surface area contributed by atoms with E-state index in [-0.39, 0.29) is 12.1 Å². The molecular weight excluding hydrogens is 268 g/mol. The molecule has 19 heavy (non-hydrogen) atoms. The molecule has 0 bridgehead atoms. The van der Waals surface area contributed by atoms with Gasteiger partial charge in [0.25, 0.3) is 5.96 Å². The number of hydrazone groups is 1. The van der Waals surface area contributed by atoms with Crippen LogP contribution in [-0.2, 0) is 0 Å². The van der Waals surface area contributed by atoms with Crippen LogP contribution in [0.4, 0.5) is 0 Å². The fraction of sp³-hybridized carbons (Fsp3) is 0.333. The van der Waals surface area contributed by atoms with Gasteiger partial charge in [-0.2, -0.15) is 0 Å². The molecule has 1 aromatic carbocycles. The molecule has 0 fully saturated rings. The number of guanidine groups is 1. The molecule has 0 spiro atoms. The summed E-state index contributed by atoms with van der Waals surface area (Å²) in [6, 6.07) is 3.48. The first-order valence-corrected chi connectivity index (χ1v) is 6.03. The van der Waals surface area contributed by atoms with Gasteiger partial charge in [-0.1, -0.05) is 11.6 Å². The Hall–Kier alpha value is -1.95. The van der Waals surface area contributed by atoms with Crippen LogP contribution in [0.5, 0.6) is 11.5 Å². The van der Waals surface area contributed by atoms with Gasteiger partial charge in [0.1, 0.15) is 0 Å². The lowest BCUT2D eigenvalue weighted by atomic mass is 10.2. The zero-order chi connectivity index (χ0) is 14.4. The van der Waals surface area contributed by atoms with Gasteiger partial charge in [0.2, 0.25) is 6.21 Å². The van der Waals surface area contributed by atoms with Gasteiger partial charge < -0.3 is 20.9 Å². The van der Waals surface area contributed by atoms with Crippen molar-refractivity contribution in [3.63, 3.8) is 0 Å². The molecule has 6 nitrogen and oxygen atoms in total. The molecule has 1 rings (SSSR count). The maximum atomic E-state index is 6.16. The highest BCUT2D eigenvalue weighted by Gasteiger charge is 2.13.